The van der Waals surface area contributed by atoms with Crippen LogP contribution in [-0.2, 0) is 0 Å². The maximum absolute atomic E-state index is 4.15. The molecule has 0 aromatic heterocycles. The van der Waals surface area contributed by atoms with E-state index >= 15 is 0 Å². The zero-order valence-electron chi connectivity index (χ0n) is 10.3. The van der Waals surface area contributed by atoms with Gasteiger partial charge in [0.15, 0.2) is 0 Å². The molecule has 0 atom stereocenters. The molecule has 0 spiro atoms. The highest BCUT2D eigenvalue weighted by atomic mass is 127. The van der Waals surface area contributed by atoms with Gasteiger partial charge in [0.25, 0.3) is 0 Å². The lowest BCUT2D eigenvalue weighted by Crippen LogP contribution is -2.23. The maximum Gasteiger partial charge on any atom is 0.104 e. The van der Waals surface area contributed by atoms with Crippen LogP contribution in [0.1, 0.15) is 0 Å². The van der Waals surface area contributed by atoms with Crippen molar-refractivity contribution in [2.45, 2.75) is 0 Å². The number of rotatable bonds is 5. The predicted molar refractivity (Wildman–Crippen MR) is 93.0 cm³/mol. The Morgan fingerprint density at radius 3 is 1.67 bits per heavy atom. The molecule has 0 aliphatic rings. The number of benzene rings is 2. The second kappa shape index (κ2) is 6.49. The van der Waals surface area contributed by atoms with E-state index in [4.69, 9.17) is 0 Å². The SMILES string of the molecule is C=C[P+](CCI)(c1ccccc1)c1ccccc1. The van der Waals surface area contributed by atoms with E-state index in [1.54, 1.807) is 0 Å². The van der Waals surface area contributed by atoms with Gasteiger partial charge in [0.1, 0.15) is 17.9 Å². The average Bonchev–Trinajstić information content (AvgIpc) is 2.47. The van der Waals surface area contributed by atoms with Crippen molar-refractivity contribution in [1.82, 2.24) is 0 Å². The minimum atomic E-state index is -1.43. The third kappa shape index (κ3) is 2.67. The van der Waals surface area contributed by atoms with Gasteiger partial charge in [-0.2, -0.15) is 0 Å². The Hall–Kier alpha value is -0.660. The lowest BCUT2D eigenvalue weighted by atomic mass is 10.4. The van der Waals surface area contributed by atoms with Crippen LogP contribution in [0.5, 0.6) is 0 Å². The van der Waals surface area contributed by atoms with E-state index in [9.17, 15) is 0 Å². The van der Waals surface area contributed by atoms with Crippen molar-refractivity contribution in [2.24, 2.45) is 0 Å². The van der Waals surface area contributed by atoms with Crippen LogP contribution in [0.25, 0.3) is 0 Å². The van der Waals surface area contributed by atoms with Crippen molar-refractivity contribution in [3.63, 3.8) is 0 Å². The van der Waals surface area contributed by atoms with Crippen LogP contribution in [0.15, 0.2) is 73.1 Å². The summed E-state index contributed by atoms with van der Waals surface area (Å²) < 4.78 is 1.15. The smallest absolute Gasteiger partial charge is 0.0824 e. The van der Waals surface area contributed by atoms with Gasteiger partial charge in [-0.1, -0.05) is 65.6 Å². The van der Waals surface area contributed by atoms with E-state index in [2.05, 4.69) is 95.7 Å². The minimum Gasteiger partial charge on any atom is -0.0824 e. The zero-order chi connectivity index (χ0) is 12.8. The third-order valence-electron chi connectivity index (χ3n) is 3.18. The molecule has 2 heteroatoms. The molecule has 0 heterocycles. The minimum absolute atomic E-state index is 1.15. The first-order valence-corrected chi connectivity index (χ1v) is 9.59. The van der Waals surface area contributed by atoms with Crippen molar-refractivity contribution in [3.8, 4) is 0 Å². The Bertz CT molecular complexity index is 454. The van der Waals surface area contributed by atoms with Crippen LogP contribution >= 0.6 is 29.9 Å². The fourth-order valence-electron chi connectivity index (χ4n) is 2.23. The normalized spacial score (nSPS) is 11.2. The van der Waals surface area contributed by atoms with Crippen molar-refractivity contribution >= 4 is 40.5 Å². The van der Waals surface area contributed by atoms with Gasteiger partial charge < -0.3 is 0 Å². The lowest BCUT2D eigenvalue weighted by Gasteiger charge is -2.22. The van der Waals surface area contributed by atoms with Crippen LogP contribution in [0.2, 0.25) is 0 Å². The van der Waals surface area contributed by atoms with Crippen LogP contribution < -0.4 is 10.6 Å². The van der Waals surface area contributed by atoms with E-state index < -0.39 is 7.26 Å². The molecule has 0 saturated heterocycles. The van der Waals surface area contributed by atoms with E-state index in [0.717, 1.165) is 4.43 Å². The summed E-state index contributed by atoms with van der Waals surface area (Å²) >= 11 is 2.47. The van der Waals surface area contributed by atoms with Crippen LogP contribution in [-0.4, -0.2) is 10.6 Å². The standard InChI is InChI=1S/C16H17IP/c1-2-18(14-13-17,15-9-5-3-6-10-15)16-11-7-4-8-12-16/h2-12H,1,13-14H2/q+1. The van der Waals surface area contributed by atoms with Gasteiger partial charge in [-0.05, 0) is 24.3 Å². The second-order valence-corrected chi connectivity index (χ2v) is 8.80. The Morgan fingerprint density at radius 1 is 0.889 bits per heavy atom. The van der Waals surface area contributed by atoms with E-state index in [1.165, 1.54) is 16.8 Å². The Morgan fingerprint density at radius 2 is 1.33 bits per heavy atom. The molecule has 0 bridgehead atoms. The fourth-order valence-corrected chi connectivity index (χ4v) is 7.61. The van der Waals surface area contributed by atoms with E-state index in [-0.39, 0.29) is 0 Å². The molecule has 0 saturated carbocycles. The average molecular weight is 367 g/mol. The van der Waals surface area contributed by atoms with Gasteiger partial charge in [0.2, 0.25) is 0 Å². The molecule has 92 valence electrons. The molecule has 2 aromatic carbocycles. The summed E-state index contributed by atoms with van der Waals surface area (Å²) in [7, 11) is -1.43. The topological polar surface area (TPSA) is 0 Å². The number of halogens is 1. The molecular formula is C16H17IP+. The predicted octanol–water partition coefficient (Wildman–Crippen LogP) is 4.23. The maximum atomic E-state index is 4.15. The first kappa shape index (κ1) is 13.8. The molecule has 0 fully saturated rings. The van der Waals surface area contributed by atoms with Gasteiger partial charge in [-0.3, -0.25) is 0 Å². The molecular weight excluding hydrogens is 350 g/mol. The van der Waals surface area contributed by atoms with Crippen molar-refractivity contribution in [3.05, 3.63) is 73.1 Å². The third-order valence-corrected chi connectivity index (χ3v) is 8.57. The van der Waals surface area contributed by atoms with E-state index in [1.807, 2.05) is 0 Å². The first-order chi connectivity index (χ1) is 8.83. The van der Waals surface area contributed by atoms with Crippen LogP contribution in [0, 0.1) is 0 Å². The molecule has 0 amide bonds. The van der Waals surface area contributed by atoms with Crippen molar-refractivity contribution in [2.75, 3.05) is 10.6 Å². The largest absolute Gasteiger partial charge is 0.104 e. The Balaban J connectivity index is 2.57. The molecule has 2 rings (SSSR count). The molecule has 0 nitrogen and oxygen atoms in total. The van der Waals surface area contributed by atoms with Gasteiger partial charge >= 0.3 is 0 Å². The van der Waals surface area contributed by atoms with Gasteiger partial charge in [-0.15, -0.1) is 0 Å². The molecule has 0 unspecified atom stereocenters. The summed E-state index contributed by atoms with van der Waals surface area (Å²) in [4.78, 5) is 0. The summed E-state index contributed by atoms with van der Waals surface area (Å²) in [5.74, 6) is 2.20. The molecule has 0 aliphatic heterocycles. The summed E-state index contributed by atoms with van der Waals surface area (Å²) in [6, 6.07) is 21.7. The summed E-state index contributed by atoms with van der Waals surface area (Å²) in [5, 5.41) is 2.87. The Kier molecular flexibility index (Phi) is 4.96. The molecule has 0 N–H and O–H groups in total. The summed E-state index contributed by atoms with van der Waals surface area (Å²) in [6.07, 6.45) is 1.19. The molecule has 0 aliphatic carbocycles. The van der Waals surface area contributed by atoms with E-state index in [0.29, 0.717) is 0 Å². The number of hydrogen-bond acceptors (Lipinski definition) is 0. The van der Waals surface area contributed by atoms with Crippen LogP contribution in [0.4, 0.5) is 0 Å². The first-order valence-electron chi connectivity index (χ1n) is 6.02. The second-order valence-electron chi connectivity index (χ2n) is 4.14. The highest BCUT2D eigenvalue weighted by Gasteiger charge is 2.38. The highest BCUT2D eigenvalue weighted by molar-refractivity contribution is 14.1. The number of alkyl halides is 1. The monoisotopic (exact) mass is 367 g/mol. The highest BCUT2D eigenvalue weighted by Crippen LogP contribution is 2.57. The summed E-state index contributed by atoms with van der Waals surface area (Å²) in [6.45, 7) is 4.15. The van der Waals surface area contributed by atoms with Crippen molar-refractivity contribution < 1.29 is 0 Å². The summed E-state index contributed by atoms with van der Waals surface area (Å²) in [5.41, 5.74) is 0. The van der Waals surface area contributed by atoms with Gasteiger partial charge in [0.05, 0.1) is 12.0 Å². The number of hydrogen-bond donors (Lipinski definition) is 0. The van der Waals surface area contributed by atoms with Crippen molar-refractivity contribution in [1.29, 1.82) is 0 Å². The lowest BCUT2D eigenvalue weighted by molar-refractivity contribution is 1.56. The van der Waals surface area contributed by atoms with Crippen LogP contribution in [0.3, 0.4) is 0 Å². The van der Waals surface area contributed by atoms with Gasteiger partial charge in [0, 0.05) is 4.43 Å². The fraction of sp³-hybridized carbons (Fsp3) is 0.125. The quantitative estimate of drug-likeness (QED) is 0.422. The van der Waals surface area contributed by atoms with Gasteiger partial charge in [-0.25, -0.2) is 0 Å². The molecule has 0 radical (unpaired) electrons. The Labute approximate surface area is 124 Å². The molecule has 2 aromatic rings. The molecule has 18 heavy (non-hydrogen) atoms. The zero-order valence-corrected chi connectivity index (χ0v) is 13.3.